The van der Waals surface area contributed by atoms with E-state index in [9.17, 15) is 18.0 Å². The van der Waals surface area contributed by atoms with Gasteiger partial charge in [-0.3, -0.25) is 9.59 Å². The molecule has 0 aromatic heterocycles. The van der Waals surface area contributed by atoms with Gasteiger partial charge in [-0.15, -0.1) is 0 Å². The van der Waals surface area contributed by atoms with E-state index >= 15 is 0 Å². The number of hydrogen-bond donors (Lipinski definition) is 4. The van der Waals surface area contributed by atoms with Crippen LogP contribution in [0.1, 0.15) is 62.8 Å². The van der Waals surface area contributed by atoms with Crippen molar-refractivity contribution in [3.05, 3.63) is 70.2 Å². The van der Waals surface area contributed by atoms with Crippen molar-refractivity contribution in [1.82, 2.24) is 19.7 Å². The van der Waals surface area contributed by atoms with E-state index in [1.54, 1.807) is 12.1 Å². The lowest BCUT2D eigenvalue weighted by molar-refractivity contribution is -0.140. The van der Waals surface area contributed by atoms with Crippen LogP contribution in [-0.2, 0) is 32.9 Å². The summed E-state index contributed by atoms with van der Waals surface area (Å²) in [6, 6.07) is 12.6. The highest BCUT2D eigenvalue weighted by Crippen LogP contribution is 2.23. The first-order chi connectivity index (χ1) is 18.0. The Morgan fingerprint density at radius 2 is 1.82 bits per heavy atom. The fourth-order valence-electron chi connectivity index (χ4n) is 4.65. The maximum absolute atomic E-state index is 13.6. The second kappa shape index (κ2) is 13.5. The smallest absolute Gasteiger partial charge is 0.277 e. The fourth-order valence-corrected chi connectivity index (χ4v) is 5.86. The molecular weight excluding hydrogens is 526 g/mol. The fraction of sp³-hybridized carbons (Fsp3) is 0.481. The van der Waals surface area contributed by atoms with E-state index in [-0.39, 0.29) is 31.0 Å². The normalized spacial score (nSPS) is 17.4. The highest BCUT2D eigenvalue weighted by atomic mass is 35.5. The number of benzene rings is 2. The molecule has 1 aliphatic rings. The van der Waals surface area contributed by atoms with E-state index in [1.165, 1.54) is 4.90 Å². The summed E-state index contributed by atoms with van der Waals surface area (Å²) in [5.41, 5.74) is 8.55. The number of rotatable bonds is 12. The molecule has 0 spiro atoms. The molecule has 3 rings (SSSR count). The highest BCUT2D eigenvalue weighted by Gasteiger charge is 2.38. The summed E-state index contributed by atoms with van der Waals surface area (Å²) in [6.45, 7) is 6.40. The van der Waals surface area contributed by atoms with Gasteiger partial charge in [-0.1, -0.05) is 61.8 Å². The minimum Gasteiger partial charge on any atom is -0.350 e. The van der Waals surface area contributed by atoms with Crippen LogP contribution in [-0.4, -0.2) is 43.8 Å². The minimum atomic E-state index is -3.97. The molecule has 0 aliphatic carbocycles. The molecule has 2 aromatic rings. The van der Waals surface area contributed by atoms with Crippen LogP contribution in [0.15, 0.2) is 48.5 Å². The van der Waals surface area contributed by atoms with Crippen LogP contribution in [0, 0.1) is 5.92 Å². The van der Waals surface area contributed by atoms with Crippen molar-refractivity contribution in [3.8, 4) is 0 Å². The van der Waals surface area contributed by atoms with Crippen molar-refractivity contribution in [3.63, 3.8) is 0 Å². The van der Waals surface area contributed by atoms with Crippen molar-refractivity contribution < 1.29 is 18.0 Å². The van der Waals surface area contributed by atoms with Gasteiger partial charge in [0.25, 0.3) is 10.2 Å². The number of nitrogens with zero attached hydrogens (tertiary/aromatic N) is 1. The van der Waals surface area contributed by atoms with E-state index in [1.807, 2.05) is 57.2 Å². The van der Waals surface area contributed by atoms with Crippen LogP contribution in [0.4, 0.5) is 0 Å². The van der Waals surface area contributed by atoms with E-state index in [0.29, 0.717) is 30.8 Å². The lowest BCUT2D eigenvalue weighted by atomic mass is 10.0. The summed E-state index contributed by atoms with van der Waals surface area (Å²) in [5, 5.41) is 3.46. The average molecular weight is 564 g/mol. The zero-order valence-corrected chi connectivity index (χ0v) is 23.7. The van der Waals surface area contributed by atoms with Gasteiger partial charge in [0, 0.05) is 30.7 Å². The summed E-state index contributed by atoms with van der Waals surface area (Å²) < 4.78 is 30.7. The molecule has 1 fully saturated rings. The molecule has 3 atom stereocenters. The molecule has 1 aliphatic heterocycles. The number of halogens is 1. The van der Waals surface area contributed by atoms with Gasteiger partial charge in [0.2, 0.25) is 11.8 Å². The van der Waals surface area contributed by atoms with Crippen LogP contribution in [0.3, 0.4) is 0 Å². The van der Waals surface area contributed by atoms with E-state index < -0.39 is 28.2 Å². The topological polar surface area (TPSA) is 134 Å². The molecule has 5 N–H and O–H groups in total. The molecule has 0 saturated carbocycles. The predicted molar refractivity (Wildman–Crippen MR) is 149 cm³/mol. The van der Waals surface area contributed by atoms with Crippen LogP contribution in [0.2, 0.25) is 5.02 Å². The second-order valence-corrected chi connectivity index (χ2v) is 12.1. The first kappa shape index (κ1) is 30.0. The van der Waals surface area contributed by atoms with Crippen LogP contribution in [0.5, 0.6) is 0 Å². The Hall–Kier alpha value is -2.50. The molecule has 0 bridgehead atoms. The SMILES string of the molecule is CC(C)C[C@H](NS(=O)(=O)NCc1ccccc1)C(=O)N1CCC[C@H]1C(=O)NCc1cc(Cl)ccc1C(C)N. The highest BCUT2D eigenvalue weighted by molar-refractivity contribution is 7.87. The predicted octanol–water partition coefficient (Wildman–Crippen LogP) is 3.01. The molecule has 1 saturated heterocycles. The molecule has 2 aromatic carbocycles. The van der Waals surface area contributed by atoms with Gasteiger partial charge >= 0.3 is 0 Å². The average Bonchev–Trinajstić information content (AvgIpc) is 3.35. The van der Waals surface area contributed by atoms with E-state index in [0.717, 1.165) is 16.7 Å². The summed E-state index contributed by atoms with van der Waals surface area (Å²) in [5.74, 6) is -0.643. The van der Waals surface area contributed by atoms with E-state index in [4.69, 9.17) is 17.3 Å². The lowest BCUT2D eigenvalue weighted by Gasteiger charge is -2.29. The number of likely N-dealkylation sites (tertiary alicyclic amines) is 1. The maximum Gasteiger partial charge on any atom is 0.277 e. The molecule has 9 nitrogen and oxygen atoms in total. The lowest BCUT2D eigenvalue weighted by Crippen LogP contribution is -2.55. The van der Waals surface area contributed by atoms with Crippen LogP contribution >= 0.6 is 11.6 Å². The summed E-state index contributed by atoms with van der Waals surface area (Å²) in [4.78, 5) is 28.2. The van der Waals surface area contributed by atoms with Gasteiger partial charge in [-0.25, -0.2) is 0 Å². The van der Waals surface area contributed by atoms with Crippen molar-refractivity contribution in [2.24, 2.45) is 11.7 Å². The summed E-state index contributed by atoms with van der Waals surface area (Å²) >= 11 is 6.15. The number of hydrogen-bond acceptors (Lipinski definition) is 5. The Kier molecular flexibility index (Phi) is 10.7. The molecule has 2 amide bonds. The Bertz CT molecular complexity index is 1210. The third kappa shape index (κ3) is 8.51. The molecule has 0 radical (unpaired) electrons. The van der Waals surface area contributed by atoms with Gasteiger partial charge in [-0.05, 0) is 60.9 Å². The van der Waals surface area contributed by atoms with Crippen LogP contribution < -0.4 is 20.5 Å². The Morgan fingerprint density at radius 3 is 2.47 bits per heavy atom. The number of carbonyl (C=O) groups is 2. The molecule has 11 heteroatoms. The number of amides is 2. The van der Waals surface area contributed by atoms with Gasteiger partial charge in [0.1, 0.15) is 12.1 Å². The Morgan fingerprint density at radius 1 is 1.11 bits per heavy atom. The van der Waals surface area contributed by atoms with Crippen molar-refractivity contribution >= 4 is 33.6 Å². The van der Waals surface area contributed by atoms with Crippen molar-refractivity contribution in [1.29, 1.82) is 0 Å². The van der Waals surface area contributed by atoms with Gasteiger partial charge in [-0.2, -0.15) is 17.9 Å². The molecule has 208 valence electrons. The van der Waals surface area contributed by atoms with Crippen LogP contribution in [0.25, 0.3) is 0 Å². The first-order valence-electron chi connectivity index (χ1n) is 12.9. The number of carbonyl (C=O) groups excluding carboxylic acids is 2. The molecular formula is C27H38ClN5O4S. The number of nitrogens with two attached hydrogens (primary N) is 1. The molecule has 1 unspecified atom stereocenters. The Labute approximate surface area is 230 Å². The third-order valence-corrected chi connectivity index (χ3v) is 7.85. The number of nitrogens with one attached hydrogen (secondary N) is 3. The standard InChI is InChI=1S/C27H38ClN5O4S/c1-18(2)14-24(32-38(36,37)31-16-20-8-5-4-6-9-20)27(35)33-13-7-10-25(33)26(34)30-17-21-15-22(28)11-12-23(21)19(3)29/h4-6,8-9,11-12,15,18-19,24-25,31-32H,7,10,13-14,16-17,29H2,1-3H3,(H,30,34)/t19?,24-,25-/m0/s1. The van der Waals surface area contributed by atoms with Gasteiger partial charge < -0.3 is 16.0 Å². The zero-order valence-electron chi connectivity index (χ0n) is 22.1. The largest absolute Gasteiger partial charge is 0.350 e. The van der Waals surface area contributed by atoms with E-state index in [2.05, 4.69) is 14.8 Å². The first-order valence-corrected chi connectivity index (χ1v) is 14.8. The maximum atomic E-state index is 13.6. The van der Waals surface area contributed by atoms with Crippen molar-refractivity contribution in [2.45, 2.75) is 71.2 Å². The summed E-state index contributed by atoms with van der Waals surface area (Å²) in [6.07, 6.45) is 1.45. The van der Waals surface area contributed by atoms with Crippen molar-refractivity contribution in [2.75, 3.05) is 6.54 Å². The molecule has 1 heterocycles. The zero-order chi connectivity index (χ0) is 27.9. The summed E-state index contributed by atoms with van der Waals surface area (Å²) in [7, 11) is -3.97. The second-order valence-electron chi connectivity index (χ2n) is 10.1. The van der Waals surface area contributed by atoms with Gasteiger partial charge in [0.05, 0.1) is 0 Å². The quantitative estimate of drug-likeness (QED) is 0.315. The molecule has 38 heavy (non-hydrogen) atoms. The minimum absolute atomic E-state index is 0.0511. The monoisotopic (exact) mass is 563 g/mol. The Balaban J connectivity index is 1.68. The van der Waals surface area contributed by atoms with Gasteiger partial charge in [0.15, 0.2) is 0 Å². The third-order valence-electron chi connectivity index (χ3n) is 6.50.